The molecule has 0 heterocycles. The molecule has 7 nitrogen and oxygen atoms in total. The van der Waals surface area contributed by atoms with Crippen molar-refractivity contribution in [1.82, 2.24) is 4.72 Å². The summed E-state index contributed by atoms with van der Waals surface area (Å²) < 4.78 is 55.3. The quantitative estimate of drug-likeness (QED) is 0.499. The Bertz CT molecular complexity index is 1070. The molecule has 0 radical (unpaired) electrons. The summed E-state index contributed by atoms with van der Waals surface area (Å²) in [7, 11) is -4.42. The van der Waals surface area contributed by atoms with E-state index in [1.54, 1.807) is 0 Å². The zero-order valence-electron chi connectivity index (χ0n) is 15.5. The molecule has 0 spiro atoms. The molecule has 2 aromatic carbocycles. The molecule has 0 aliphatic heterocycles. The van der Waals surface area contributed by atoms with E-state index < -0.39 is 50.7 Å². The number of sulfonamides is 1. The van der Waals surface area contributed by atoms with Crippen molar-refractivity contribution in [3.05, 3.63) is 58.1 Å². The van der Waals surface area contributed by atoms with Crippen LogP contribution in [0.5, 0.6) is 0 Å². The molecule has 0 saturated heterocycles. The Morgan fingerprint density at radius 2 is 1.77 bits per heavy atom. The van der Waals surface area contributed by atoms with E-state index in [0.29, 0.717) is 12.8 Å². The lowest BCUT2D eigenvalue weighted by atomic mass is 9.91. The minimum Gasteiger partial charge on any atom is -0.390 e. The molecule has 162 valence electrons. The third kappa shape index (κ3) is 5.03. The first-order valence-corrected chi connectivity index (χ1v) is 11.3. The minimum atomic E-state index is -4.42. The van der Waals surface area contributed by atoms with E-state index >= 15 is 0 Å². The Morgan fingerprint density at radius 3 is 2.47 bits per heavy atom. The average Bonchev–Trinajstić information content (AvgIpc) is 2.68. The van der Waals surface area contributed by atoms with E-state index in [-0.39, 0.29) is 22.1 Å². The number of hydrogen-bond donors (Lipinski definition) is 4. The Kier molecular flexibility index (Phi) is 6.88. The van der Waals surface area contributed by atoms with Crippen LogP contribution < -0.4 is 10.0 Å². The van der Waals surface area contributed by atoms with Crippen LogP contribution in [0.3, 0.4) is 0 Å². The average molecular weight is 505 g/mol. The fourth-order valence-corrected chi connectivity index (χ4v) is 4.94. The van der Waals surface area contributed by atoms with Crippen LogP contribution in [0.4, 0.5) is 14.5 Å². The highest BCUT2D eigenvalue weighted by molar-refractivity contribution is 9.10. The second kappa shape index (κ2) is 9.06. The van der Waals surface area contributed by atoms with Crippen LogP contribution in [0.25, 0.3) is 0 Å². The van der Waals surface area contributed by atoms with Gasteiger partial charge in [0.25, 0.3) is 5.91 Å². The number of hydrogen-bond acceptors (Lipinski definition) is 5. The normalized spacial score (nSPS) is 22.0. The van der Waals surface area contributed by atoms with Gasteiger partial charge >= 0.3 is 0 Å². The molecule has 3 rings (SSSR count). The maximum absolute atomic E-state index is 14.3. The van der Waals surface area contributed by atoms with Crippen molar-refractivity contribution in [1.29, 1.82) is 0 Å². The van der Waals surface area contributed by atoms with Gasteiger partial charge in [0.1, 0.15) is 16.5 Å². The van der Waals surface area contributed by atoms with Crippen molar-refractivity contribution in [3.63, 3.8) is 0 Å². The van der Waals surface area contributed by atoms with E-state index in [0.717, 1.165) is 24.3 Å². The monoisotopic (exact) mass is 504 g/mol. The smallest absolute Gasteiger partial charge is 0.255 e. The fraction of sp³-hybridized carbons (Fsp3) is 0.316. The second-order valence-electron chi connectivity index (χ2n) is 6.94. The van der Waals surface area contributed by atoms with E-state index in [2.05, 4.69) is 26.0 Å². The van der Waals surface area contributed by atoms with E-state index in [9.17, 15) is 32.2 Å². The highest BCUT2D eigenvalue weighted by Crippen LogP contribution is 2.24. The number of benzene rings is 2. The summed E-state index contributed by atoms with van der Waals surface area (Å²) >= 11 is 2.99. The zero-order valence-corrected chi connectivity index (χ0v) is 17.9. The van der Waals surface area contributed by atoms with Gasteiger partial charge in [-0.15, -0.1) is 0 Å². The van der Waals surface area contributed by atoms with Gasteiger partial charge in [-0.3, -0.25) is 4.79 Å². The Balaban J connectivity index is 1.83. The third-order valence-corrected chi connectivity index (χ3v) is 6.90. The summed E-state index contributed by atoms with van der Waals surface area (Å²) in [4.78, 5) is 11.7. The van der Waals surface area contributed by atoms with Crippen LogP contribution >= 0.6 is 15.9 Å². The highest BCUT2D eigenvalue weighted by Gasteiger charge is 2.34. The third-order valence-electron chi connectivity index (χ3n) is 4.79. The number of amides is 1. The van der Waals surface area contributed by atoms with E-state index in [4.69, 9.17) is 0 Å². The van der Waals surface area contributed by atoms with Gasteiger partial charge in [0, 0.05) is 11.3 Å². The first-order valence-electron chi connectivity index (χ1n) is 9.03. The topological polar surface area (TPSA) is 116 Å². The van der Waals surface area contributed by atoms with Crippen LogP contribution in [-0.2, 0) is 10.0 Å². The van der Waals surface area contributed by atoms with Crippen LogP contribution in [0.1, 0.15) is 29.6 Å². The molecule has 4 N–H and O–H groups in total. The predicted octanol–water partition coefficient (Wildman–Crippen LogP) is 2.53. The molecule has 1 aliphatic rings. The van der Waals surface area contributed by atoms with Gasteiger partial charge in [-0.05, 0) is 71.6 Å². The van der Waals surface area contributed by atoms with Crippen molar-refractivity contribution in [2.45, 2.75) is 42.4 Å². The SMILES string of the molecule is O=C(Nc1ccc(F)c(Br)c1)c1ccc(F)c(S(=O)(=O)NC2CCCC(O)C2O)c1. The van der Waals surface area contributed by atoms with Crippen molar-refractivity contribution in [3.8, 4) is 0 Å². The molecule has 1 saturated carbocycles. The number of nitrogens with one attached hydrogen (secondary N) is 2. The fourth-order valence-electron chi connectivity index (χ4n) is 3.18. The Morgan fingerprint density at radius 1 is 1.07 bits per heavy atom. The Hall–Kier alpha value is -1.92. The lowest BCUT2D eigenvalue weighted by Gasteiger charge is -2.32. The molecular weight excluding hydrogens is 486 g/mol. The summed E-state index contributed by atoms with van der Waals surface area (Å²) in [6.45, 7) is 0. The number of aliphatic hydroxyl groups excluding tert-OH is 2. The first kappa shape index (κ1) is 22.8. The van der Waals surface area contributed by atoms with Crippen LogP contribution in [0, 0.1) is 11.6 Å². The van der Waals surface area contributed by atoms with Gasteiger partial charge < -0.3 is 15.5 Å². The van der Waals surface area contributed by atoms with Crippen molar-refractivity contribution < 1.29 is 32.2 Å². The first-order chi connectivity index (χ1) is 14.1. The summed E-state index contributed by atoms with van der Waals surface area (Å²) in [6, 6.07) is 5.62. The molecular formula is C19H19BrF2N2O5S. The molecule has 30 heavy (non-hydrogen) atoms. The van der Waals surface area contributed by atoms with Crippen LogP contribution in [-0.4, -0.2) is 42.8 Å². The molecule has 3 unspecified atom stereocenters. The summed E-state index contributed by atoms with van der Waals surface area (Å²) in [6.07, 6.45) is -1.30. The largest absolute Gasteiger partial charge is 0.390 e. The minimum absolute atomic E-state index is 0.125. The van der Waals surface area contributed by atoms with Crippen molar-refractivity contribution in [2.24, 2.45) is 0 Å². The van der Waals surface area contributed by atoms with Crippen LogP contribution in [0.15, 0.2) is 45.8 Å². The lowest BCUT2D eigenvalue weighted by Crippen LogP contribution is -2.51. The number of rotatable bonds is 5. The standard InChI is InChI=1S/C19H19BrF2N2O5S/c20-12-9-11(5-7-13(12)21)23-19(27)10-4-6-14(22)17(8-10)30(28,29)24-15-2-1-3-16(25)18(15)26/h4-9,15-16,18,24-26H,1-3H2,(H,23,27). The lowest BCUT2D eigenvalue weighted by molar-refractivity contribution is -0.0242. The summed E-state index contributed by atoms with van der Waals surface area (Å²) in [5.41, 5.74) is 0.112. The van der Waals surface area contributed by atoms with Gasteiger partial charge in [0.2, 0.25) is 10.0 Å². The number of carbonyl (C=O) groups is 1. The molecule has 1 aliphatic carbocycles. The molecule has 2 aromatic rings. The van der Waals surface area contributed by atoms with Crippen LogP contribution in [0.2, 0.25) is 0 Å². The van der Waals surface area contributed by atoms with Crippen molar-refractivity contribution >= 4 is 37.5 Å². The van der Waals surface area contributed by atoms with Crippen molar-refractivity contribution in [2.75, 3.05) is 5.32 Å². The summed E-state index contributed by atoms with van der Waals surface area (Å²) in [5, 5.41) is 22.2. The van der Waals surface area contributed by atoms with Gasteiger partial charge in [0.05, 0.1) is 22.7 Å². The predicted molar refractivity (Wildman–Crippen MR) is 108 cm³/mol. The number of halogens is 3. The molecule has 1 amide bonds. The van der Waals surface area contributed by atoms with Gasteiger partial charge in [-0.25, -0.2) is 21.9 Å². The highest BCUT2D eigenvalue weighted by atomic mass is 79.9. The summed E-state index contributed by atoms with van der Waals surface area (Å²) in [5.74, 6) is -2.32. The molecule has 1 fully saturated rings. The molecule has 0 bridgehead atoms. The van der Waals surface area contributed by atoms with Gasteiger partial charge in [0.15, 0.2) is 0 Å². The van der Waals surface area contributed by atoms with E-state index in [1.165, 1.54) is 12.1 Å². The number of anilines is 1. The zero-order chi connectivity index (χ0) is 22.1. The Labute approximate surface area is 180 Å². The molecule has 11 heteroatoms. The second-order valence-corrected chi connectivity index (χ2v) is 9.48. The van der Waals surface area contributed by atoms with Gasteiger partial charge in [-0.1, -0.05) is 0 Å². The van der Waals surface area contributed by atoms with E-state index in [1.807, 2.05) is 0 Å². The maximum Gasteiger partial charge on any atom is 0.255 e. The van der Waals surface area contributed by atoms with Gasteiger partial charge in [-0.2, -0.15) is 0 Å². The molecule has 0 aromatic heterocycles. The molecule has 3 atom stereocenters. The maximum atomic E-state index is 14.3. The number of aliphatic hydroxyl groups is 2. The number of carbonyl (C=O) groups excluding carboxylic acids is 1.